The molecule has 2 rings (SSSR count). The Morgan fingerprint density at radius 3 is 2.94 bits per heavy atom. The molecule has 1 fully saturated rings. The van der Waals surface area contributed by atoms with Gasteiger partial charge in [0.05, 0.1) is 0 Å². The molecule has 0 amide bonds. The van der Waals surface area contributed by atoms with E-state index in [1.165, 1.54) is 19.4 Å². The van der Waals surface area contributed by atoms with E-state index in [-0.39, 0.29) is 0 Å². The monoisotopic (exact) mass is 250 g/mol. The van der Waals surface area contributed by atoms with Crippen LogP contribution in [0.5, 0.6) is 0 Å². The fourth-order valence-electron chi connectivity index (χ4n) is 2.39. The second kappa shape index (κ2) is 5.97. The van der Waals surface area contributed by atoms with Gasteiger partial charge >= 0.3 is 0 Å². The number of nitrogens with one attached hydrogen (secondary N) is 2. The molecule has 1 aromatic heterocycles. The third kappa shape index (κ3) is 3.30. The van der Waals surface area contributed by atoms with E-state index in [1.54, 1.807) is 0 Å². The van der Waals surface area contributed by atoms with Crippen molar-refractivity contribution in [1.29, 1.82) is 0 Å². The third-order valence-electron chi connectivity index (χ3n) is 3.29. The molecular formula is C12H22N6. The maximum Gasteiger partial charge on any atom is 0.145 e. The first-order valence-corrected chi connectivity index (χ1v) is 6.52. The Labute approximate surface area is 108 Å². The highest BCUT2D eigenvalue weighted by atomic mass is 15.3. The van der Waals surface area contributed by atoms with Crippen LogP contribution >= 0.6 is 0 Å². The number of hydrazine groups is 1. The Kier molecular flexibility index (Phi) is 4.33. The molecule has 0 radical (unpaired) electrons. The topological polar surface area (TPSA) is 79.1 Å². The average Bonchev–Trinajstić information content (AvgIpc) is 2.38. The van der Waals surface area contributed by atoms with E-state index in [4.69, 9.17) is 5.84 Å². The fourth-order valence-corrected chi connectivity index (χ4v) is 2.39. The summed E-state index contributed by atoms with van der Waals surface area (Å²) in [4.78, 5) is 11.0. The van der Waals surface area contributed by atoms with Crippen molar-refractivity contribution in [3.8, 4) is 0 Å². The van der Waals surface area contributed by atoms with Crippen LogP contribution in [0.25, 0.3) is 0 Å². The molecule has 1 unspecified atom stereocenters. The molecule has 1 atom stereocenters. The van der Waals surface area contributed by atoms with Gasteiger partial charge in [-0.05, 0) is 32.9 Å². The van der Waals surface area contributed by atoms with E-state index in [0.29, 0.717) is 11.9 Å². The molecular weight excluding hydrogens is 228 g/mol. The van der Waals surface area contributed by atoms with Crippen molar-refractivity contribution in [2.45, 2.75) is 32.7 Å². The third-order valence-corrected chi connectivity index (χ3v) is 3.29. The van der Waals surface area contributed by atoms with Crippen LogP contribution in [0.2, 0.25) is 0 Å². The van der Waals surface area contributed by atoms with Gasteiger partial charge in [0, 0.05) is 18.7 Å². The molecule has 6 nitrogen and oxygen atoms in total. The van der Waals surface area contributed by atoms with Crippen molar-refractivity contribution in [3.05, 3.63) is 11.9 Å². The number of hydrogen-bond donors (Lipinski definition) is 3. The number of aryl methyl sites for hydroxylation is 1. The minimum absolute atomic E-state index is 0.457. The lowest BCUT2D eigenvalue weighted by Crippen LogP contribution is -2.42. The molecule has 18 heavy (non-hydrogen) atoms. The summed E-state index contributed by atoms with van der Waals surface area (Å²) in [6.45, 7) is 7.45. The normalized spacial score (nSPS) is 20.7. The lowest BCUT2D eigenvalue weighted by Gasteiger charge is -2.32. The summed E-state index contributed by atoms with van der Waals surface area (Å²) in [6.07, 6.45) is 2.42. The number of nitrogen functional groups attached to an aromatic ring is 1. The minimum atomic E-state index is 0.457. The highest BCUT2D eigenvalue weighted by molar-refractivity contribution is 5.47. The molecule has 0 saturated carbocycles. The average molecular weight is 250 g/mol. The zero-order valence-electron chi connectivity index (χ0n) is 11.1. The number of nitrogens with two attached hydrogens (primary N) is 1. The lowest BCUT2D eigenvalue weighted by molar-refractivity contribution is 0.226. The summed E-state index contributed by atoms with van der Waals surface area (Å²) in [6, 6.07) is 2.30. The number of piperidine rings is 1. The van der Waals surface area contributed by atoms with Gasteiger partial charge in [-0.3, -0.25) is 0 Å². The highest BCUT2D eigenvalue weighted by Gasteiger charge is 2.18. The standard InChI is InChI=1S/C12H22N6/c1-3-18-6-4-5-10(8-18)16-11-7-12(17-13)15-9(2)14-11/h7,10H,3-6,8,13H2,1-2H3,(H2,14,15,16,17). The first-order valence-electron chi connectivity index (χ1n) is 6.52. The molecule has 0 spiro atoms. The Bertz CT molecular complexity index is 394. The minimum Gasteiger partial charge on any atom is -0.366 e. The molecule has 0 bridgehead atoms. The zero-order chi connectivity index (χ0) is 13.0. The second-order valence-corrected chi connectivity index (χ2v) is 4.71. The molecule has 1 aliphatic heterocycles. The quantitative estimate of drug-likeness (QED) is 0.546. The van der Waals surface area contributed by atoms with Crippen LogP contribution in [0, 0.1) is 6.92 Å². The number of rotatable bonds is 4. The van der Waals surface area contributed by atoms with Gasteiger partial charge in [-0.2, -0.15) is 0 Å². The number of aromatic nitrogens is 2. The largest absolute Gasteiger partial charge is 0.366 e. The number of nitrogens with zero attached hydrogens (tertiary/aromatic N) is 3. The number of hydrogen-bond acceptors (Lipinski definition) is 6. The summed E-state index contributed by atoms with van der Waals surface area (Å²) < 4.78 is 0. The van der Waals surface area contributed by atoms with Crippen LogP contribution in [0.1, 0.15) is 25.6 Å². The van der Waals surface area contributed by atoms with Crippen molar-refractivity contribution in [3.63, 3.8) is 0 Å². The molecule has 6 heteroatoms. The van der Waals surface area contributed by atoms with E-state index < -0.39 is 0 Å². The Balaban J connectivity index is 2.02. The Morgan fingerprint density at radius 1 is 1.44 bits per heavy atom. The Hall–Kier alpha value is -1.40. The van der Waals surface area contributed by atoms with Crippen LogP contribution in [-0.4, -0.2) is 40.5 Å². The fraction of sp³-hybridized carbons (Fsp3) is 0.667. The molecule has 1 saturated heterocycles. The Morgan fingerprint density at radius 2 is 2.22 bits per heavy atom. The zero-order valence-corrected chi connectivity index (χ0v) is 11.1. The van der Waals surface area contributed by atoms with Gasteiger partial charge in [-0.25, -0.2) is 15.8 Å². The van der Waals surface area contributed by atoms with Crippen molar-refractivity contribution in [2.75, 3.05) is 30.4 Å². The molecule has 1 aromatic rings. The summed E-state index contributed by atoms with van der Waals surface area (Å²) in [7, 11) is 0. The second-order valence-electron chi connectivity index (χ2n) is 4.71. The number of likely N-dealkylation sites (N-methyl/N-ethyl adjacent to an activating group) is 1. The van der Waals surface area contributed by atoms with E-state index in [2.05, 4.69) is 32.5 Å². The van der Waals surface area contributed by atoms with Crippen molar-refractivity contribution < 1.29 is 0 Å². The predicted octanol–water partition coefficient (Wildman–Crippen LogP) is 0.967. The van der Waals surface area contributed by atoms with E-state index in [0.717, 1.165) is 24.7 Å². The number of anilines is 2. The lowest BCUT2D eigenvalue weighted by atomic mass is 10.1. The van der Waals surface area contributed by atoms with Crippen LogP contribution < -0.4 is 16.6 Å². The van der Waals surface area contributed by atoms with Crippen LogP contribution in [0.3, 0.4) is 0 Å². The molecule has 2 heterocycles. The van der Waals surface area contributed by atoms with Gasteiger partial charge < -0.3 is 15.6 Å². The van der Waals surface area contributed by atoms with Crippen molar-refractivity contribution >= 4 is 11.6 Å². The first kappa shape index (κ1) is 13.0. The molecule has 0 aromatic carbocycles. The molecule has 0 aliphatic carbocycles. The van der Waals surface area contributed by atoms with Gasteiger partial charge in [0.25, 0.3) is 0 Å². The maximum atomic E-state index is 5.39. The summed E-state index contributed by atoms with van der Waals surface area (Å²) in [5.74, 6) is 7.60. The first-order chi connectivity index (χ1) is 8.71. The van der Waals surface area contributed by atoms with Crippen LogP contribution in [0.15, 0.2) is 6.07 Å². The summed E-state index contributed by atoms with van der Waals surface area (Å²) in [5.41, 5.74) is 2.56. The molecule has 4 N–H and O–H groups in total. The summed E-state index contributed by atoms with van der Waals surface area (Å²) in [5, 5.41) is 3.47. The van der Waals surface area contributed by atoms with E-state index >= 15 is 0 Å². The van der Waals surface area contributed by atoms with Gasteiger partial charge in [0.15, 0.2) is 0 Å². The predicted molar refractivity (Wildman–Crippen MR) is 73.3 cm³/mol. The molecule has 100 valence electrons. The SMILES string of the molecule is CCN1CCCC(Nc2cc(NN)nc(C)n2)C1. The highest BCUT2D eigenvalue weighted by Crippen LogP contribution is 2.16. The summed E-state index contributed by atoms with van der Waals surface area (Å²) >= 11 is 0. The van der Waals surface area contributed by atoms with Gasteiger partial charge in [-0.1, -0.05) is 6.92 Å². The van der Waals surface area contributed by atoms with Gasteiger partial charge in [-0.15, -0.1) is 0 Å². The van der Waals surface area contributed by atoms with Crippen molar-refractivity contribution in [2.24, 2.45) is 5.84 Å². The van der Waals surface area contributed by atoms with Gasteiger partial charge in [0.1, 0.15) is 17.5 Å². The van der Waals surface area contributed by atoms with Crippen molar-refractivity contribution in [1.82, 2.24) is 14.9 Å². The van der Waals surface area contributed by atoms with E-state index in [1.807, 2.05) is 13.0 Å². The number of likely N-dealkylation sites (tertiary alicyclic amines) is 1. The van der Waals surface area contributed by atoms with Crippen LogP contribution in [-0.2, 0) is 0 Å². The van der Waals surface area contributed by atoms with Gasteiger partial charge in [0.2, 0.25) is 0 Å². The smallest absolute Gasteiger partial charge is 0.145 e. The maximum absolute atomic E-state index is 5.39. The molecule has 1 aliphatic rings. The van der Waals surface area contributed by atoms with Crippen LogP contribution in [0.4, 0.5) is 11.6 Å². The van der Waals surface area contributed by atoms with E-state index in [9.17, 15) is 0 Å².